The molecule has 1 amide bonds. The average molecular weight is 268 g/mol. The Balaban J connectivity index is 2.30. The standard InChI is InChI=1S/C13H20N2O4/c1-14(7-6-13(17)18-3)10-12(16)15(2)9-11-5-4-8-19-11/h4-5,8H,6-7,9-10H2,1-3H3. The summed E-state index contributed by atoms with van der Waals surface area (Å²) in [4.78, 5) is 26.3. The van der Waals surface area contributed by atoms with Crippen LogP contribution in [0.3, 0.4) is 0 Å². The molecule has 1 aromatic rings. The number of esters is 1. The summed E-state index contributed by atoms with van der Waals surface area (Å²) in [6.07, 6.45) is 1.86. The molecule has 0 fully saturated rings. The number of ether oxygens (including phenoxy) is 1. The molecular formula is C13H20N2O4. The van der Waals surface area contributed by atoms with Gasteiger partial charge in [0.2, 0.25) is 5.91 Å². The first kappa shape index (κ1) is 15.2. The van der Waals surface area contributed by atoms with E-state index < -0.39 is 0 Å². The van der Waals surface area contributed by atoms with Crippen molar-refractivity contribution in [2.45, 2.75) is 13.0 Å². The van der Waals surface area contributed by atoms with Gasteiger partial charge in [-0.15, -0.1) is 0 Å². The van der Waals surface area contributed by atoms with Crippen LogP contribution in [-0.2, 0) is 20.9 Å². The van der Waals surface area contributed by atoms with Gasteiger partial charge in [0.1, 0.15) is 5.76 Å². The Morgan fingerprint density at radius 3 is 2.68 bits per heavy atom. The van der Waals surface area contributed by atoms with Crippen LogP contribution in [0.1, 0.15) is 12.2 Å². The summed E-state index contributed by atoms with van der Waals surface area (Å²) >= 11 is 0. The minimum atomic E-state index is -0.275. The predicted octanol–water partition coefficient (Wildman–Crippen LogP) is 0.733. The second-order valence-corrected chi connectivity index (χ2v) is 4.39. The number of nitrogens with zero attached hydrogens (tertiary/aromatic N) is 2. The van der Waals surface area contributed by atoms with Crippen LogP contribution in [0.25, 0.3) is 0 Å². The summed E-state index contributed by atoms with van der Waals surface area (Å²) in [5.74, 6) is 0.445. The van der Waals surface area contributed by atoms with Gasteiger partial charge in [-0.05, 0) is 19.2 Å². The molecule has 0 N–H and O–H groups in total. The van der Waals surface area contributed by atoms with E-state index in [1.54, 1.807) is 36.2 Å². The monoisotopic (exact) mass is 268 g/mol. The second kappa shape index (κ2) is 7.58. The predicted molar refractivity (Wildman–Crippen MR) is 69.3 cm³/mol. The van der Waals surface area contributed by atoms with Gasteiger partial charge in [-0.1, -0.05) is 0 Å². The molecule has 0 spiro atoms. The molecule has 0 aromatic carbocycles. The van der Waals surface area contributed by atoms with E-state index in [0.717, 1.165) is 5.76 Å². The van der Waals surface area contributed by atoms with Gasteiger partial charge in [0.15, 0.2) is 0 Å². The molecule has 19 heavy (non-hydrogen) atoms. The third kappa shape index (κ3) is 5.56. The Labute approximate surface area is 112 Å². The van der Waals surface area contributed by atoms with Gasteiger partial charge in [0, 0.05) is 13.6 Å². The highest BCUT2D eigenvalue weighted by Crippen LogP contribution is 2.04. The first-order chi connectivity index (χ1) is 9.02. The van der Waals surface area contributed by atoms with Crippen LogP contribution in [0.4, 0.5) is 0 Å². The van der Waals surface area contributed by atoms with Crippen molar-refractivity contribution in [1.29, 1.82) is 0 Å². The molecule has 1 rings (SSSR count). The van der Waals surface area contributed by atoms with Crippen LogP contribution in [0, 0.1) is 0 Å². The molecule has 106 valence electrons. The summed E-state index contributed by atoms with van der Waals surface area (Å²) in [6.45, 7) is 1.19. The Morgan fingerprint density at radius 1 is 1.37 bits per heavy atom. The van der Waals surface area contributed by atoms with E-state index in [0.29, 0.717) is 13.1 Å². The Hall–Kier alpha value is -1.82. The Morgan fingerprint density at radius 2 is 2.11 bits per heavy atom. The quantitative estimate of drug-likeness (QED) is 0.682. The molecule has 0 aliphatic rings. The third-order valence-corrected chi connectivity index (χ3v) is 2.73. The molecule has 1 heterocycles. The van der Waals surface area contributed by atoms with E-state index >= 15 is 0 Å². The Kier molecular flexibility index (Phi) is 6.08. The SMILES string of the molecule is COC(=O)CCN(C)CC(=O)N(C)Cc1ccco1. The fourth-order valence-electron chi connectivity index (χ4n) is 1.54. The number of rotatable bonds is 7. The van der Waals surface area contributed by atoms with Crippen molar-refractivity contribution in [1.82, 2.24) is 9.80 Å². The van der Waals surface area contributed by atoms with Crippen LogP contribution in [0.5, 0.6) is 0 Å². The molecule has 0 saturated heterocycles. The maximum Gasteiger partial charge on any atom is 0.306 e. The minimum absolute atomic E-state index is 0.0243. The molecule has 0 atom stereocenters. The summed E-state index contributed by atoms with van der Waals surface area (Å²) in [7, 11) is 4.87. The number of amides is 1. The van der Waals surface area contributed by atoms with E-state index in [9.17, 15) is 9.59 Å². The highest BCUT2D eigenvalue weighted by Gasteiger charge is 2.13. The van der Waals surface area contributed by atoms with Gasteiger partial charge >= 0.3 is 5.97 Å². The smallest absolute Gasteiger partial charge is 0.306 e. The van der Waals surface area contributed by atoms with Crippen LogP contribution >= 0.6 is 0 Å². The maximum atomic E-state index is 11.9. The maximum absolute atomic E-state index is 11.9. The van der Waals surface area contributed by atoms with Crippen LogP contribution < -0.4 is 0 Å². The van der Waals surface area contributed by atoms with Gasteiger partial charge in [0.05, 0.1) is 32.9 Å². The van der Waals surface area contributed by atoms with E-state index in [-0.39, 0.29) is 24.8 Å². The van der Waals surface area contributed by atoms with Crippen molar-refractivity contribution < 1.29 is 18.7 Å². The third-order valence-electron chi connectivity index (χ3n) is 2.73. The van der Waals surface area contributed by atoms with Crippen molar-refractivity contribution in [3.63, 3.8) is 0 Å². The molecule has 0 bridgehead atoms. The van der Waals surface area contributed by atoms with Gasteiger partial charge < -0.3 is 14.1 Å². The summed E-state index contributed by atoms with van der Waals surface area (Å²) in [5, 5.41) is 0. The molecule has 0 aliphatic heterocycles. The van der Waals surface area contributed by atoms with Crippen LogP contribution in [-0.4, -0.2) is 56.0 Å². The lowest BCUT2D eigenvalue weighted by atomic mass is 10.3. The Bertz CT molecular complexity index is 403. The van der Waals surface area contributed by atoms with E-state index in [2.05, 4.69) is 4.74 Å². The molecule has 0 saturated carbocycles. The first-order valence-electron chi connectivity index (χ1n) is 6.04. The summed E-state index contributed by atoms with van der Waals surface area (Å²) in [6, 6.07) is 3.61. The summed E-state index contributed by atoms with van der Waals surface area (Å²) in [5.41, 5.74) is 0. The van der Waals surface area contributed by atoms with Gasteiger partial charge in [0.25, 0.3) is 0 Å². The second-order valence-electron chi connectivity index (χ2n) is 4.39. The van der Waals surface area contributed by atoms with Gasteiger partial charge in [-0.3, -0.25) is 14.5 Å². The number of hydrogen-bond donors (Lipinski definition) is 0. The molecule has 0 aliphatic carbocycles. The molecule has 0 radical (unpaired) electrons. The zero-order valence-electron chi connectivity index (χ0n) is 11.6. The highest BCUT2D eigenvalue weighted by atomic mass is 16.5. The lowest BCUT2D eigenvalue weighted by Crippen LogP contribution is -2.37. The first-order valence-corrected chi connectivity index (χ1v) is 6.04. The van der Waals surface area contributed by atoms with Gasteiger partial charge in [-0.25, -0.2) is 0 Å². The molecule has 6 nitrogen and oxygen atoms in total. The van der Waals surface area contributed by atoms with Crippen LogP contribution in [0.15, 0.2) is 22.8 Å². The topological polar surface area (TPSA) is 63.0 Å². The zero-order valence-corrected chi connectivity index (χ0v) is 11.6. The van der Waals surface area contributed by atoms with E-state index in [1.807, 2.05) is 6.07 Å². The average Bonchev–Trinajstić information content (AvgIpc) is 2.88. The van der Waals surface area contributed by atoms with Crippen molar-refractivity contribution in [3.05, 3.63) is 24.2 Å². The van der Waals surface area contributed by atoms with Crippen molar-refractivity contribution in [2.24, 2.45) is 0 Å². The molecule has 6 heteroatoms. The normalized spacial score (nSPS) is 10.5. The number of carbonyl (C=O) groups excluding carboxylic acids is 2. The largest absolute Gasteiger partial charge is 0.469 e. The van der Waals surface area contributed by atoms with Crippen LogP contribution in [0.2, 0.25) is 0 Å². The fourth-order valence-corrected chi connectivity index (χ4v) is 1.54. The van der Waals surface area contributed by atoms with Crippen molar-refractivity contribution >= 4 is 11.9 Å². The van der Waals surface area contributed by atoms with Gasteiger partial charge in [-0.2, -0.15) is 0 Å². The highest BCUT2D eigenvalue weighted by molar-refractivity contribution is 5.78. The molecule has 1 aromatic heterocycles. The number of carbonyl (C=O) groups is 2. The fraction of sp³-hybridized carbons (Fsp3) is 0.538. The van der Waals surface area contributed by atoms with E-state index in [1.165, 1.54) is 7.11 Å². The number of likely N-dealkylation sites (N-methyl/N-ethyl adjacent to an activating group) is 2. The molecule has 0 unspecified atom stereocenters. The van der Waals surface area contributed by atoms with Crippen molar-refractivity contribution in [3.8, 4) is 0 Å². The van der Waals surface area contributed by atoms with E-state index in [4.69, 9.17) is 4.42 Å². The lowest BCUT2D eigenvalue weighted by molar-refractivity contribution is -0.141. The number of methoxy groups -OCH3 is 1. The number of hydrogen-bond acceptors (Lipinski definition) is 5. The minimum Gasteiger partial charge on any atom is -0.469 e. The lowest BCUT2D eigenvalue weighted by Gasteiger charge is -2.20. The summed E-state index contributed by atoms with van der Waals surface area (Å²) < 4.78 is 9.73. The molecular weight excluding hydrogens is 248 g/mol. The van der Waals surface area contributed by atoms with Crippen molar-refractivity contribution in [2.75, 3.05) is 34.3 Å². The zero-order chi connectivity index (χ0) is 14.3. The number of furan rings is 1.